The van der Waals surface area contributed by atoms with Gasteiger partial charge in [0.25, 0.3) is 10.0 Å². The molecule has 114 valence electrons. The third-order valence-corrected chi connectivity index (χ3v) is 5.32. The molecule has 0 saturated carbocycles. The molecule has 0 aliphatic rings. The van der Waals surface area contributed by atoms with Crippen molar-refractivity contribution < 1.29 is 8.42 Å². The number of anilines is 2. The van der Waals surface area contributed by atoms with Gasteiger partial charge in [0.1, 0.15) is 0 Å². The minimum Gasteiger partial charge on any atom is -0.381 e. The summed E-state index contributed by atoms with van der Waals surface area (Å²) in [5.74, 6) is -0.0724. The zero-order valence-corrected chi connectivity index (χ0v) is 13.9. The highest BCUT2D eigenvalue weighted by Crippen LogP contribution is 2.31. The molecule has 1 aromatic carbocycles. The van der Waals surface area contributed by atoms with Gasteiger partial charge in [-0.25, -0.2) is 8.42 Å². The molecule has 0 aliphatic heterocycles. The van der Waals surface area contributed by atoms with Gasteiger partial charge in [-0.05, 0) is 31.5 Å². The van der Waals surface area contributed by atoms with Crippen molar-refractivity contribution in [1.82, 2.24) is 9.78 Å². The number of rotatable bonds is 3. The molecule has 0 fully saturated rings. The summed E-state index contributed by atoms with van der Waals surface area (Å²) >= 11 is 12.0. The predicted molar refractivity (Wildman–Crippen MR) is 84.4 cm³/mol. The summed E-state index contributed by atoms with van der Waals surface area (Å²) in [5, 5.41) is 4.55. The first-order valence-corrected chi connectivity index (χ1v) is 8.15. The minimum absolute atomic E-state index is 0.0715. The molecule has 2 rings (SSSR count). The van der Waals surface area contributed by atoms with E-state index in [0.29, 0.717) is 10.7 Å². The van der Waals surface area contributed by atoms with E-state index in [1.54, 1.807) is 27.0 Å². The third kappa shape index (κ3) is 2.95. The largest absolute Gasteiger partial charge is 0.381 e. The summed E-state index contributed by atoms with van der Waals surface area (Å²) < 4.78 is 28.7. The summed E-state index contributed by atoms with van der Waals surface area (Å²) in [6, 6.07) is 3.04. The lowest BCUT2D eigenvalue weighted by atomic mass is 10.2. The average molecular weight is 349 g/mol. The van der Waals surface area contributed by atoms with Crippen LogP contribution >= 0.6 is 23.2 Å². The molecule has 0 atom stereocenters. The highest BCUT2D eigenvalue weighted by atomic mass is 35.5. The number of aryl methyl sites for hydroxylation is 2. The van der Waals surface area contributed by atoms with Crippen LogP contribution in [0.5, 0.6) is 0 Å². The Balaban J connectivity index is 2.50. The molecule has 0 aliphatic carbocycles. The molecule has 2 aromatic rings. The smallest absolute Gasteiger partial charge is 0.267 e. The molecule has 0 amide bonds. The molecule has 9 heteroatoms. The summed E-state index contributed by atoms with van der Waals surface area (Å²) in [6.07, 6.45) is 0. The molecular weight excluding hydrogens is 335 g/mol. The number of aromatic nitrogens is 2. The normalized spacial score (nSPS) is 11.7. The first-order valence-electron chi connectivity index (χ1n) is 5.91. The maximum atomic E-state index is 12.5. The summed E-state index contributed by atoms with van der Waals surface area (Å²) in [4.78, 5) is -0.0715. The Morgan fingerprint density at radius 3 is 2.38 bits per heavy atom. The average Bonchev–Trinajstić information content (AvgIpc) is 2.60. The molecule has 0 spiro atoms. The van der Waals surface area contributed by atoms with Crippen molar-refractivity contribution in [2.45, 2.75) is 18.7 Å². The number of hydrogen-bond donors (Lipinski definition) is 2. The van der Waals surface area contributed by atoms with Crippen LogP contribution in [-0.4, -0.2) is 18.2 Å². The second-order valence-electron chi connectivity index (χ2n) is 4.61. The molecule has 0 bridgehead atoms. The van der Waals surface area contributed by atoms with Gasteiger partial charge in [-0.1, -0.05) is 23.2 Å². The van der Waals surface area contributed by atoms with Crippen molar-refractivity contribution in [3.63, 3.8) is 0 Å². The molecule has 0 unspecified atom stereocenters. The summed E-state index contributed by atoms with van der Waals surface area (Å²) in [6.45, 7) is 3.39. The van der Waals surface area contributed by atoms with Crippen LogP contribution < -0.4 is 10.5 Å². The number of nitrogens with two attached hydrogens (primary N) is 1. The SMILES string of the molecule is Cc1cc(Cl)c(NS(=O)(=O)c2c(N)nn(C)c2C)cc1Cl. The second-order valence-corrected chi connectivity index (χ2v) is 7.04. The standard InChI is InChI=1S/C12H14Cl2N4O2S/c1-6-4-9(14)10(5-8(6)13)17-21(19,20)11-7(2)18(3)16-12(11)15/h4-5,17H,1-3H3,(H2,15,16). The van der Waals surface area contributed by atoms with Gasteiger partial charge in [-0.2, -0.15) is 5.10 Å². The van der Waals surface area contributed by atoms with E-state index in [2.05, 4.69) is 9.82 Å². The Kier molecular flexibility index (Phi) is 4.10. The van der Waals surface area contributed by atoms with Gasteiger partial charge in [0.15, 0.2) is 10.7 Å². The fourth-order valence-corrected chi connectivity index (χ4v) is 3.75. The minimum atomic E-state index is -3.91. The van der Waals surface area contributed by atoms with E-state index in [9.17, 15) is 8.42 Å². The third-order valence-electron chi connectivity index (χ3n) is 3.07. The van der Waals surface area contributed by atoms with Crippen molar-refractivity contribution in [3.05, 3.63) is 33.4 Å². The Hall–Kier alpha value is -1.44. The fraction of sp³-hybridized carbons (Fsp3) is 0.250. The van der Waals surface area contributed by atoms with Crippen LogP contribution in [0, 0.1) is 13.8 Å². The van der Waals surface area contributed by atoms with Crippen molar-refractivity contribution in [3.8, 4) is 0 Å². The van der Waals surface area contributed by atoms with Crippen LogP contribution in [0.4, 0.5) is 11.5 Å². The van der Waals surface area contributed by atoms with Gasteiger partial charge in [0.2, 0.25) is 0 Å². The monoisotopic (exact) mass is 348 g/mol. The number of nitrogens with zero attached hydrogens (tertiary/aromatic N) is 2. The van der Waals surface area contributed by atoms with Crippen molar-refractivity contribution in [1.29, 1.82) is 0 Å². The summed E-state index contributed by atoms with van der Waals surface area (Å²) in [7, 11) is -2.30. The first-order chi connectivity index (χ1) is 9.63. The molecule has 0 radical (unpaired) electrons. The Labute approximate surface area is 132 Å². The second kappa shape index (κ2) is 5.40. The number of sulfonamides is 1. The van der Waals surface area contributed by atoms with Crippen LogP contribution in [0.25, 0.3) is 0 Å². The van der Waals surface area contributed by atoms with Crippen molar-refractivity contribution >= 4 is 44.7 Å². The Bertz CT molecular complexity index is 815. The number of benzene rings is 1. The molecular formula is C12H14Cl2N4O2S. The van der Waals surface area contributed by atoms with Gasteiger partial charge in [0.05, 0.1) is 16.4 Å². The molecule has 21 heavy (non-hydrogen) atoms. The van der Waals surface area contributed by atoms with Gasteiger partial charge >= 0.3 is 0 Å². The molecule has 6 nitrogen and oxygen atoms in total. The number of nitrogens with one attached hydrogen (secondary N) is 1. The van der Waals surface area contributed by atoms with E-state index in [0.717, 1.165) is 5.56 Å². The topological polar surface area (TPSA) is 90.0 Å². The van der Waals surface area contributed by atoms with Crippen LogP contribution in [0.2, 0.25) is 10.0 Å². The lowest BCUT2D eigenvalue weighted by Crippen LogP contribution is -2.15. The highest BCUT2D eigenvalue weighted by molar-refractivity contribution is 7.93. The highest BCUT2D eigenvalue weighted by Gasteiger charge is 2.25. The maximum Gasteiger partial charge on any atom is 0.267 e. The zero-order chi connectivity index (χ0) is 15.9. The van der Waals surface area contributed by atoms with Crippen LogP contribution in [-0.2, 0) is 17.1 Å². The zero-order valence-electron chi connectivity index (χ0n) is 11.6. The molecule has 3 N–H and O–H groups in total. The number of nitrogen functional groups attached to an aromatic ring is 1. The summed E-state index contributed by atoms with van der Waals surface area (Å²) in [5.41, 5.74) is 7.03. The van der Waals surface area contributed by atoms with E-state index in [4.69, 9.17) is 28.9 Å². The van der Waals surface area contributed by atoms with E-state index in [1.807, 2.05) is 0 Å². The van der Waals surface area contributed by atoms with Crippen LogP contribution in [0.3, 0.4) is 0 Å². The van der Waals surface area contributed by atoms with Crippen LogP contribution in [0.15, 0.2) is 17.0 Å². The van der Waals surface area contributed by atoms with E-state index < -0.39 is 10.0 Å². The quantitative estimate of drug-likeness (QED) is 0.892. The number of halogens is 2. The van der Waals surface area contributed by atoms with Crippen molar-refractivity contribution in [2.75, 3.05) is 10.5 Å². The van der Waals surface area contributed by atoms with Gasteiger partial charge in [-0.3, -0.25) is 9.40 Å². The lowest BCUT2D eigenvalue weighted by Gasteiger charge is -2.11. The number of hydrogen-bond acceptors (Lipinski definition) is 4. The molecule has 1 heterocycles. The van der Waals surface area contributed by atoms with E-state index in [-0.39, 0.29) is 21.4 Å². The first kappa shape index (κ1) is 15.9. The fourth-order valence-electron chi connectivity index (χ4n) is 1.87. The maximum absolute atomic E-state index is 12.5. The molecule has 0 saturated heterocycles. The van der Waals surface area contributed by atoms with Crippen molar-refractivity contribution in [2.24, 2.45) is 7.05 Å². The van der Waals surface area contributed by atoms with E-state index in [1.165, 1.54) is 10.7 Å². The Morgan fingerprint density at radius 1 is 1.24 bits per heavy atom. The predicted octanol–water partition coefficient (Wildman–Crippen LogP) is 2.73. The lowest BCUT2D eigenvalue weighted by molar-refractivity contribution is 0.600. The van der Waals surface area contributed by atoms with Gasteiger partial charge in [0, 0.05) is 12.1 Å². The van der Waals surface area contributed by atoms with E-state index >= 15 is 0 Å². The van der Waals surface area contributed by atoms with Gasteiger partial charge < -0.3 is 5.73 Å². The molecule has 1 aromatic heterocycles. The Morgan fingerprint density at radius 2 is 1.86 bits per heavy atom. The van der Waals surface area contributed by atoms with Gasteiger partial charge in [-0.15, -0.1) is 0 Å². The van der Waals surface area contributed by atoms with Crippen LogP contribution in [0.1, 0.15) is 11.3 Å².